The van der Waals surface area contributed by atoms with Crippen molar-refractivity contribution in [3.63, 3.8) is 0 Å². The first-order valence-corrected chi connectivity index (χ1v) is 6.80. The molecule has 1 aromatic rings. The van der Waals surface area contributed by atoms with Crippen molar-refractivity contribution in [2.45, 2.75) is 17.7 Å². The van der Waals surface area contributed by atoms with Gasteiger partial charge in [-0.2, -0.15) is 0 Å². The molecule has 4 nitrogen and oxygen atoms in total. The largest absolute Gasteiger partial charge is 0.354 e. The molecule has 1 fully saturated rings. The Kier molecular flexibility index (Phi) is 3.65. The van der Waals surface area contributed by atoms with Gasteiger partial charge in [-0.15, -0.1) is 0 Å². The molecule has 82 valence electrons. The van der Waals surface area contributed by atoms with E-state index >= 15 is 0 Å². The van der Waals surface area contributed by atoms with Gasteiger partial charge >= 0.3 is 0 Å². The summed E-state index contributed by atoms with van der Waals surface area (Å²) in [6.45, 7) is 1.90. The quantitative estimate of drug-likeness (QED) is 0.593. The maximum Gasteiger partial charge on any atom is 0.266 e. The van der Waals surface area contributed by atoms with E-state index in [0.29, 0.717) is 8.40 Å². The van der Waals surface area contributed by atoms with Gasteiger partial charge in [0.05, 0.1) is 6.33 Å². The zero-order chi connectivity index (χ0) is 10.8. The molecule has 0 aromatic carbocycles. The molecule has 1 aromatic heterocycles. The Hall–Kier alpha value is -0.110. The summed E-state index contributed by atoms with van der Waals surface area (Å²) in [6, 6.07) is 0. The van der Waals surface area contributed by atoms with Crippen LogP contribution >= 0.6 is 38.5 Å². The van der Waals surface area contributed by atoms with E-state index in [1.54, 1.807) is 0 Å². The lowest BCUT2D eigenvalue weighted by molar-refractivity contribution is 0.589. The van der Waals surface area contributed by atoms with Crippen molar-refractivity contribution >= 4 is 44.3 Å². The van der Waals surface area contributed by atoms with Gasteiger partial charge in [0.1, 0.15) is 9.39 Å². The molecular formula is C9H11BrIN3O. The smallest absolute Gasteiger partial charge is 0.266 e. The highest BCUT2D eigenvalue weighted by atomic mass is 127. The number of aromatic amines is 1. The Morgan fingerprint density at radius 1 is 1.67 bits per heavy atom. The van der Waals surface area contributed by atoms with E-state index in [9.17, 15) is 4.79 Å². The molecule has 15 heavy (non-hydrogen) atoms. The molecule has 1 aliphatic heterocycles. The highest BCUT2D eigenvalue weighted by Crippen LogP contribution is 2.23. The van der Waals surface area contributed by atoms with Crippen LogP contribution in [0.4, 0.5) is 5.82 Å². The van der Waals surface area contributed by atoms with Crippen LogP contribution in [-0.4, -0.2) is 27.9 Å². The molecule has 1 N–H and O–H groups in total. The summed E-state index contributed by atoms with van der Waals surface area (Å²) in [5.74, 6) is 0.809. The van der Waals surface area contributed by atoms with Gasteiger partial charge in [0.15, 0.2) is 0 Å². The average molecular weight is 384 g/mol. The predicted molar refractivity (Wildman–Crippen MR) is 71.7 cm³/mol. The molecule has 1 aliphatic rings. The molecular weight excluding hydrogens is 373 g/mol. The van der Waals surface area contributed by atoms with E-state index in [-0.39, 0.29) is 5.56 Å². The number of piperidine rings is 1. The van der Waals surface area contributed by atoms with Gasteiger partial charge in [0, 0.05) is 17.9 Å². The summed E-state index contributed by atoms with van der Waals surface area (Å²) in [5, 5.41) is 0. The third kappa shape index (κ3) is 2.52. The van der Waals surface area contributed by atoms with E-state index in [1.165, 1.54) is 12.7 Å². The maximum absolute atomic E-state index is 11.4. The Bertz CT molecular complexity index is 409. The van der Waals surface area contributed by atoms with Crippen molar-refractivity contribution in [1.29, 1.82) is 0 Å². The standard InChI is InChI=1S/C9H11BrIN3O/c10-6-2-1-3-14(4-6)8-7(11)9(15)13-5-12-8/h5-6H,1-4H2,(H,12,13,15). The van der Waals surface area contributed by atoms with E-state index in [4.69, 9.17) is 0 Å². The topological polar surface area (TPSA) is 49.0 Å². The molecule has 1 atom stereocenters. The van der Waals surface area contributed by atoms with Crippen molar-refractivity contribution in [2.24, 2.45) is 0 Å². The van der Waals surface area contributed by atoms with Gasteiger partial charge in [0.25, 0.3) is 5.56 Å². The first-order chi connectivity index (χ1) is 7.18. The fraction of sp³-hybridized carbons (Fsp3) is 0.556. The van der Waals surface area contributed by atoms with Crippen LogP contribution in [0.2, 0.25) is 0 Å². The summed E-state index contributed by atoms with van der Waals surface area (Å²) in [6.07, 6.45) is 3.80. The first kappa shape index (κ1) is 11.4. The van der Waals surface area contributed by atoms with Crippen LogP contribution in [0.25, 0.3) is 0 Å². The predicted octanol–water partition coefficient (Wildman–Crippen LogP) is 1.74. The molecule has 0 radical (unpaired) electrons. The summed E-state index contributed by atoms with van der Waals surface area (Å²) in [5.41, 5.74) is -0.0581. The number of H-pyrrole nitrogens is 1. The first-order valence-electron chi connectivity index (χ1n) is 4.80. The van der Waals surface area contributed by atoms with Gasteiger partial charge in [0.2, 0.25) is 0 Å². The number of rotatable bonds is 1. The summed E-state index contributed by atoms with van der Waals surface area (Å²) in [4.78, 5) is 20.9. The van der Waals surface area contributed by atoms with Crippen LogP contribution in [0.1, 0.15) is 12.8 Å². The Morgan fingerprint density at radius 3 is 3.20 bits per heavy atom. The van der Waals surface area contributed by atoms with Gasteiger partial charge in [-0.1, -0.05) is 15.9 Å². The summed E-state index contributed by atoms with van der Waals surface area (Å²) in [7, 11) is 0. The SMILES string of the molecule is O=c1[nH]cnc(N2CCCC(Br)C2)c1I. The third-order valence-electron chi connectivity index (χ3n) is 2.44. The third-order valence-corrected chi connectivity index (χ3v) is 4.16. The minimum absolute atomic E-state index is 0.0581. The molecule has 0 saturated carbocycles. The van der Waals surface area contributed by atoms with Crippen molar-refractivity contribution in [1.82, 2.24) is 9.97 Å². The van der Waals surface area contributed by atoms with Crippen LogP contribution < -0.4 is 10.5 Å². The molecule has 0 bridgehead atoms. The van der Waals surface area contributed by atoms with Crippen LogP contribution in [0.5, 0.6) is 0 Å². The average Bonchev–Trinajstić information content (AvgIpc) is 2.22. The maximum atomic E-state index is 11.4. The number of alkyl halides is 1. The fourth-order valence-electron chi connectivity index (χ4n) is 1.71. The van der Waals surface area contributed by atoms with Crippen LogP contribution in [-0.2, 0) is 0 Å². The molecule has 1 saturated heterocycles. The number of halogens is 2. The van der Waals surface area contributed by atoms with Crippen LogP contribution in [0.3, 0.4) is 0 Å². The van der Waals surface area contributed by atoms with Gasteiger partial charge in [-0.25, -0.2) is 4.98 Å². The lowest BCUT2D eigenvalue weighted by atomic mass is 10.1. The zero-order valence-corrected chi connectivity index (χ0v) is 11.8. The lowest BCUT2D eigenvalue weighted by Gasteiger charge is -2.31. The molecule has 2 heterocycles. The zero-order valence-electron chi connectivity index (χ0n) is 8.04. The number of aromatic nitrogens is 2. The summed E-state index contributed by atoms with van der Waals surface area (Å²) < 4.78 is 0.678. The molecule has 2 rings (SSSR count). The van der Waals surface area contributed by atoms with E-state index < -0.39 is 0 Å². The minimum atomic E-state index is -0.0581. The minimum Gasteiger partial charge on any atom is -0.354 e. The van der Waals surface area contributed by atoms with E-state index in [1.807, 2.05) is 0 Å². The second kappa shape index (κ2) is 4.82. The van der Waals surface area contributed by atoms with E-state index in [2.05, 4.69) is 53.4 Å². The highest BCUT2D eigenvalue weighted by molar-refractivity contribution is 14.1. The molecule has 1 unspecified atom stereocenters. The number of anilines is 1. The highest BCUT2D eigenvalue weighted by Gasteiger charge is 2.21. The Morgan fingerprint density at radius 2 is 2.47 bits per heavy atom. The number of hydrogen-bond acceptors (Lipinski definition) is 3. The van der Waals surface area contributed by atoms with Crippen molar-refractivity contribution < 1.29 is 0 Å². The van der Waals surface area contributed by atoms with Crippen LogP contribution in [0, 0.1) is 3.57 Å². The molecule has 0 spiro atoms. The van der Waals surface area contributed by atoms with Crippen LogP contribution in [0.15, 0.2) is 11.1 Å². The van der Waals surface area contributed by atoms with E-state index in [0.717, 1.165) is 25.3 Å². The molecule has 0 amide bonds. The number of hydrogen-bond donors (Lipinski definition) is 1. The second-order valence-electron chi connectivity index (χ2n) is 3.55. The normalized spacial score (nSPS) is 21.7. The Labute approximate surface area is 110 Å². The number of nitrogens with one attached hydrogen (secondary N) is 1. The Balaban J connectivity index is 2.28. The lowest BCUT2D eigenvalue weighted by Crippen LogP contribution is -2.37. The second-order valence-corrected chi connectivity index (χ2v) is 5.93. The van der Waals surface area contributed by atoms with Crippen molar-refractivity contribution in [2.75, 3.05) is 18.0 Å². The molecule has 0 aliphatic carbocycles. The van der Waals surface area contributed by atoms with Crippen molar-refractivity contribution in [3.8, 4) is 0 Å². The molecule has 6 heteroatoms. The fourth-order valence-corrected chi connectivity index (χ4v) is 3.02. The van der Waals surface area contributed by atoms with Crippen molar-refractivity contribution in [3.05, 3.63) is 20.3 Å². The number of nitrogens with zero attached hydrogens (tertiary/aromatic N) is 2. The summed E-state index contributed by atoms with van der Waals surface area (Å²) >= 11 is 5.66. The van der Waals surface area contributed by atoms with Gasteiger partial charge in [-0.3, -0.25) is 4.79 Å². The van der Waals surface area contributed by atoms with Gasteiger partial charge in [-0.05, 0) is 35.4 Å². The monoisotopic (exact) mass is 383 g/mol. The van der Waals surface area contributed by atoms with Gasteiger partial charge < -0.3 is 9.88 Å².